The zero-order valence-electron chi connectivity index (χ0n) is 11.4. The molecule has 5 nitrogen and oxygen atoms in total. The maximum atomic E-state index is 12.2. The number of anilines is 1. The number of nitrogens with zero attached hydrogens (tertiary/aromatic N) is 1. The molecule has 0 bridgehead atoms. The van der Waals surface area contributed by atoms with E-state index < -0.39 is 9.84 Å². The number of hydrogen-bond donors (Lipinski definition) is 1. The van der Waals surface area contributed by atoms with Crippen LogP contribution in [-0.2, 0) is 9.84 Å². The molecule has 0 atom stereocenters. The molecule has 0 fully saturated rings. The lowest BCUT2D eigenvalue weighted by Gasteiger charge is -2.08. The quantitative estimate of drug-likeness (QED) is 0.903. The third-order valence-corrected chi connectivity index (χ3v) is 4.86. The Hall–Kier alpha value is -1.73. The first-order valence-corrected chi connectivity index (χ1v) is 8.70. The molecule has 1 aromatic carbocycles. The number of nitrogens with one attached hydrogen (secondary N) is 1. The van der Waals surface area contributed by atoms with Gasteiger partial charge in [-0.05, 0) is 46.6 Å². The van der Waals surface area contributed by atoms with Gasteiger partial charge in [-0.25, -0.2) is 13.4 Å². The number of carbonyl (C=O) groups excluding carboxylic acids is 1. The van der Waals surface area contributed by atoms with Gasteiger partial charge in [0.15, 0.2) is 14.9 Å². The first kappa shape index (κ1) is 15.7. The van der Waals surface area contributed by atoms with Crippen LogP contribution < -0.4 is 5.32 Å². The van der Waals surface area contributed by atoms with Gasteiger partial charge in [0.1, 0.15) is 0 Å². The molecule has 0 aliphatic heterocycles. The standard InChI is InChI=1S/C14H13BrN2O3S/c1-9-4-3-5-11(13(9)15)14(18)17-10-6-7-12(16-8-10)21(2,19)20/h3-8H,1-2H3,(H,17,18). The van der Waals surface area contributed by atoms with Crippen LogP contribution in [0.1, 0.15) is 15.9 Å². The van der Waals surface area contributed by atoms with E-state index in [0.717, 1.165) is 16.3 Å². The molecule has 110 valence electrons. The van der Waals surface area contributed by atoms with E-state index in [1.54, 1.807) is 12.1 Å². The van der Waals surface area contributed by atoms with Crippen LogP contribution >= 0.6 is 15.9 Å². The van der Waals surface area contributed by atoms with Crippen LogP contribution in [0.25, 0.3) is 0 Å². The second-order valence-electron chi connectivity index (χ2n) is 4.55. The van der Waals surface area contributed by atoms with E-state index in [-0.39, 0.29) is 10.9 Å². The summed E-state index contributed by atoms with van der Waals surface area (Å²) in [5, 5.41) is 2.65. The van der Waals surface area contributed by atoms with Crippen molar-refractivity contribution >= 4 is 37.4 Å². The van der Waals surface area contributed by atoms with Gasteiger partial charge in [0.05, 0.1) is 17.4 Å². The number of amides is 1. The second-order valence-corrected chi connectivity index (χ2v) is 7.30. The molecule has 21 heavy (non-hydrogen) atoms. The molecule has 0 saturated carbocycles. The maximum absolute atomic E-state index is 12.2. The third-order valence-electron chi connectivity index (χ3n) is 2.81. The first-order chi connectivity index (χ1) is 9.79. The lowest BCUT2D eigenvalue weighted by Crippen LogP contribution is -2.13. The van der Waals surface area contributed by atoms with Gasteiger partial charge in [-0.2, -0.15) is 0 Å². The van der Waals surface area contributed by atoms with E-state index in [1.165, 1.54) is 18.3 Å². The average molecular weight is 369 g/mol. The average Bonchev–Trinajstić information content (AvgIpc) is 2.41. The Bertz CT molecular complexity index is 786. The maximum Gasteiger partial charge on any atom is 0.256 e. The predicted molar refractivity (Wildman–Crippen MR) is 84.2 cm³/mol. The summed E-state index contributed by atoms with van der Waals surface area (Å²) in [4.78, 5) is 16.0. The van der Waals surface area contributed by atoms with Crippen LogP contribution in [0.4, 0.5) is 5.69 Å². The highest BCUT2D eigenvalue weighted by Gasteiger charge is 2.13. The van der Waals surface area contributed by atoms with Gasteiger partial charge in [-0.1, -0.05) is 12.1 Å². The molecule has 1 N–H and O–H groups in total. The van der Waals surface area contributed by atoms with Gasteiger partial charge in [-0.3, -0.25) is 4.79 Å². The normalized spacial score (nSPS) is 11.2. The molecule has 0 aliphatic rings. The minimum atomic E-state index is -3.34. The summed E-state index contributed by atoms with van der Waals surface area (Å²) in [6, 6.07) is 8.25. The molecule has 0 radical (unpaired) electrons. The summed E-state index contributed by atoms with van der Waals surface area (Å²) in [5.41, 5.74) is 1.89. The Labute approximate surface area is 131 Å². The minimum Gasteiger partial charge on any atom is -0.321 e. The van der Waals surface area contributed by atoms with Gasteiger partial charge in [0.2, 0.25) is 0 Å². The van der Waals surface area contributed by atoms with Crippen LogP contribution in [0.2, 0.25) is 0 Å². The van der Waals surface area contributed by atoms with Gasteiger partial charge >= 0.3 is 0 Å². The lowest BCUT2D eigenvalue weighted by molar-refractivity contribution is 0.102. The van der Waals surface area contributed by atoms with Crippen molar-refractivity contribution in [1.29, 1.82) is 0 Å². The fourth-order valence-electron chi connectivity index (χ4n) is 1.69. The zero-order chi connectivity index (χ0) is 15.6. The van der Waals surface area contributed by atoms with Crippen LogP contribution in [0.15, 0.2) is 46.0 Å². The number of benzene rings is 1. The fraction of sp³-hybridized carbons (Fsp3) is 0.143. The highest BCUT2D eigenvalue weighted by Crippen LogP contribution is 2.22. The largest absolute Gasteiger partial charge is 0.321 e. The molecule has 0 saturated heterocycles. The highest BCUT2D eigenvalue weighted by atomic mass is 79.9. The van der Waals surface area contributed by atoms with E-state index >= 15 is 0 Å². The van der Waals surface area contributed by atoms with Crippen molar-refractivity contribution in [3.8, 4) is 0 Å². The molecule has 0 unspecified atom stereocenters. The molecule has 7 heteroatoms. The fourth-order valence-corrected chi connectivity index (χ4v) is 2.70. The zero-order valence-corrected chi connectivity index (χ0v) is 13.8. The van der Waals surface area contributed by atoms with Gasteiger partial charge in [0, 0.05) is 10.7 Å². The molecule has 2 aromatic rings. The summed E-state index contributed by atoms with van der Waals surface area (Å²) in [6.45, 7) is 1.89. The number of aryl methyl sites for hydroxylation is 1. The van der Waals surface area contributed by atoms with Crippen molar-refractivity contribution in [3.63, 3.8) is 0 Å². The Kier molecular flexibility index (Phi) is 4.43. The molecule has 1 aromatic heterocycles. The predicted octanol–water partition coefficient (Wildman–Crippen LogP) is 2.81. The Morgan fingerprint density at radius 3 is 2.52 bits per heavy atom. The van der Waals surface area contributed by atoms with Crippen LogP contribution in [0, 0.1) is 6.92 Å². The van der Waals surface area contributed by atoms with Gasteiger partial charge in [-0.15, -0.1) is 0 Å². The number of rotatable bonds is 3. The van der Waals surface area contributed by atoms with E-state index in [9.17, 15) is 13.2 Å². The van der Waals surface area contributed by atoms with Crippen molar-refractivity contribution < 1.29 is 13.2 Å². The van der Waals surface area contributed by atoms with Crippen LogP contribution in [-0.4, -0.2) is 25.6 Å². The lowest BCUT2D eigenvalue weighted by atomic mass is 10.1. The number of sulfone groups is 1. The van der Waals surface area contributed by atoms with Crippen molar-refractivity contribution in [3.05, 3.63) is 52.1 Å². The summed E-state index contributed by atoms with van der Waals surface area (Å²) in [6.07, 6.45) is 2.40. The van der Waals surface area contributed by atoms with Gasteiger partial charge < -0.3 is 5.32 Å². The van der Waals surface area contributed by atoms with Crippen molar-refractivity contribution in [2.24, 2.45) is 0 Å². The highest BCUT2D eigenvalue weighted by molar-refractivity contribution is 9.10. The van der Waals surface area contributed by atoms with Crippen molar-refractivity contribution in [2.75, 3.05) is 11.6 Å². The summed E-state index contributed by atoms with van der Waals surface area (Å²) >= 11 is 3.38. The second kappa shape index (κ2) is 5.95. The van der Waals surface area contributed by atoms with E-state index in [1.807, 2.05) is 13.0 Å². The number of halogens is 1. The minimum absolute atomic E-state index is 0.0303. The topological polar surface area (TPSA) is 76.1 Å². The van der Waals surface area contributed by atoms with E-state index in [0.29, 0.717) is 11.3 Å². The Balaban J connectivity index is 2.22. The molecular formula is C14H13BrN2O3S. The van der Waals surface area contributed by atoms with Crippen molar-refractivity contribution in [1.82, 2.24) is 4.98 Å². The Morgan fingerprint density at radius 1 is 1.24 bits per heavy atom. The third kappa shape index (κ3) is 3.68. The smallest absolute Gasteiger partial charge is 0.256 e. The number of aromatic nitrogens is 1. The SMILES string of the molecule is Cc1cccc(C(=O)Nc2ccc(S(C)(=O)=O)nc2)c1Br. The van der Waals surface area contributed by atoms with Gasteiger partial charge in [0.25, 0.3) is 5.91 Å². The molecular weight excluding hydrogens is 356 g/mol. The monoisotopic (exact) mass is 368 g/mol. The number of pyridine rings is 1. The van der Waals surface area contributed by atoms with Crippen LogP contribution in [0.3, 0.4) is 0 Å². The number of carbonyl (C=O) groups is 1. The molecule has 1 amide bonds. The molecule has 0 spiro atoms. The first-order valence-electron chi connectivity index (χ1n) is 6.01. The molecule has 2 rings (SSSR count). The Morgan fingerprint density at radius 2 is 1.95 bits per heavy atom. The molecule has 1 heterocycles. The van der Waals surface area contributed by atoms with Crippen LogP contribution in [0.5, 0.6) is 0 Å². The van der Waals surface area contributed by atoms with E-state index in [4.69, 9.17) is 0 Å². The summed E-state index contributed by atoms with van der Waals surface area (Å²) < 4.78 is 23.4. The summed E-state index contributed by atoms with van der Waals surface area (Å²) in [5.74, 6) is -0.292. The summed E-state index contributed by atoms with van der Waals surface area (Å²) in [7, 11) is -3.34. The number of hydrogen-bond acceptors (Lipinski definition) is 4. The van der Waals surface area contributed by atoms with Crippen molar-refractivity contribution in [2.45, 2.75) is 11.9 Å². The molecule has 0 aliphatic carbocycles. The van der Waals surface area contributed by atoms with E-state index in [2.05, 4.69) is 26.2 Å².